The van der Waals surface area contributed by atoms with Gasteiger partial charge in [0.25, 0.3) is 0 Å². The number of carbonyl (C=O) groups excluding carboxylic acids is 1. The second-order valence-corrected chi connectivity index (χ2v) is 5.22. The topological polar surface area (TPSA) is 35.5 Å². The first kappa shape index (κ1) is 11.5. The number of ether oxygens (including phenoxy) is 2. The Balaban J connectivity index is 2.63. The Morgan fingerprint density at radius 3 is 2.29 bits per heavy atom. The van der Waals surface area contributed by atoms with Gasteiger partial charge in [0.2, 0.25) is 0 Å². The molecule has 0 aliphatic carbocycles. The van der Waals surface area contributed by atoms with E-state index < -0.39 is 6.29 Å². The number of hydrogen-bond donors (Lipinski definition) is 0. The molecule has 0 N–H and O–H groups in total. The number of cyclic esters (lactones) is 1. The van der Waals surface area contributed by atoms with Gasteiger partial charge in [-0.3, -0.25) is 4.79 Å². The molecular weight excluding hydrogens is 180 g/mol. The highest BCUT2D eigenvalue weighted by Crippen LogP contribution is 2.31. The largest absolute Gasteiger partial charge is 0.436 e. The molecule has 1 heterocycles. The fourth-order valence-electron chi connectivity index (χ4n) is 1.78. The molecule has 3 atom stereocenters. The van der Waals surface area contributed by atoms with Crippen molar-refractivity contribution in [3.05, 3.63) is 0 Å². The minimum absolute atomic E-state index is 0.0366. The van der Waals surface area contributed by atoms with Crippen molar-refractivity contribution in [2.45, 2.75) is 53.4 Å². The minimum atomic E-state index is -0.395. The predicted molar refractivity (Wildman–Crippen MR) is 53.7 cm³/mol. The Morgan fingerprint density at radius 2 is 1.86 bits per heavy atom. The smallest absolute Gasteiger partial charge is 0.313 e. The molecule has 0 spiro atoms. The molecule has 1 rings (SSSR count). The molecule has 0 bridgehead atoms. The molecule has 1 aliphatic rings. The first-order valence-corrected chi connectivity index (χ1v) is 5.15. The third-order valence-electron chi connectivity index (χ3n) is 2.39. The zero-order chi connectivity index (χ0) is 10.9. The molecule has 3 heteroatoms. The van der Waals surface area contributed by atoms with E-state index in [1.54, 1.807) is 6.92 Å². The van der Waals surface area contributed by atoms with E-state index in [4.69, 9.17) is 9.47 Å². The molecule has 1 aliphatic heterocycles. The molecule has 82 valence electrons. The average Bonchev–Trinajstić information content (AvgIpc) is 1.95. The van der Waals surface area contributed by atoms with Crippen LogP contribution in [0.5, 0.6) is 0 Å². The molecule has 0 saturated carbocycles. The van der Waals surface area contributed by atoms with Crippen LogP contribution in [-0.2, 0) is 14.3 Å². The number of carbonyl (C=O) groups is 1. The Kier molecular flexibility index (Phi) is 3.20. The van der Waals surface area contributed by atoms with Gasteiger partial charge in [-0.15, -0.1) is 0 Å². The summed E-state index contributed by atoms with van der Waals surface area (Å²) in [6.07, 6.45) is 0.374. The lowest BCUT2D eigenvalue weighted by Crippen LogP contribution is -2.42. The highest BCUT2D eigenvalue weighted by Gasteiger charge is 2.37. The van der Waals surface area contributed by atoms with Gasteiger partial charge in [-0.2, -0.15) is 0 Å². The van der Waals surface area contributed by atoms with Gasteiger partial charge < -0.3 is 9.47 Å². The van der Waals surface area contributed by atoms with Crippen molar-refractivity contribution in [1.29, 1.82) is 0 Å². The van der Waals surface area contributed by atoms with Crippen LogP contribution in [0.25, 0.3) is 0 Å². The average molecular weight is 200 g/mol. The van der Waals surface area contributed by atoms with Gasteiger partial charge in [0.15, 0.2) is 6.29 Å². The van der Waals surface area contributed by atoms with Crippen molar-refractivity contribution in [2.75, 3.05) is 0 Å². The Morgan fingerprint density at radius 1 is 1.29 bits per heavy atom. The molecule has 0 aromatic heterocycles. The summed E-state index contributed by atoms with van der Waals surface area (Å²) in [4.78, 5) is 11.6. The standard InChI is InChI=1S/C11H20O3/c1-7-9(6-11(3,4)5)10(12)14-8(2)13-7/h7-9H,6H2,1-5H3/t7-,8-,9-/m1/s1. The quantitative estimate of drug-likeness (QED) is 0.609. The maximum Gasteiger partial charge on any atom is 0.313 e. The van der Waals surface area contributed by atoms with Crippen molar-refractivity contribution < 1.29 is 14.3 Å². The van der Waals surface area contributed by atoms with E-state index in [2.05, 4.69) is 20.8 Å². The normalized spacial score (nSPS) is 34.1. The summed E-state index contributed by atoms with van der Waals surface area (Å²) in [7, 11) is 0. The summed E-state index contributed by atoms with van der Waals surface area (Å²) in [5.74, 6) is -0.239. The summed E-state index contributed by atoms with van der Waals surface area (Å²) in [6.45, 7) is 10.0. The van der Waals surface area contributed by atoms with E-state index in [-0.39, 0.29) is 23.4 Å². The first-order chi connectivity index (χ1) is 6.29. The number of esters is 1. The lowest BCUT2D eigenvalue weighted by atomic mass is 9.82. The van der Waals surface area contributed by atoms with Crippen molar-refractivity contribution in [2.24, 2.45) is 11.3 Å². The molecule has 14 heavy (non-hydrogen) atoms. The summed E-state index contributed by atoms with van der Waals surface area (Å²) in [5, 5.41) is 0. The first-order valence-electron chi connectivity index (χ1n) is 5.15. The van der Waals surface area contributed by atoms with Crippen LogP contribution in [0.4, 0.5) is 0 Å². The third-order valence-corrected chi connectivity index (χ3v) is 2.39. The van der Waals surface area contributed by atoms with E-state index in [0.717, 1.165) is 6.42 Å². The van der Waals surface area contributed by atoms with Gasteiger partial charge in [0.05, 0.1) is 12.0 Å². The molecule has 0 amide bonds. The van der Waals surface area contributed by atoms with E-state index in [0.29, 0.717) is 0 Å². The van der Waals surface area contributed by atoms with Crippen LogP contribution in [0.1, 0.15) is 41.0 Å². The molecule has 1 saturated heterocycles. The maximum absolute atomic E-state index is 11.6. The van der Waals surface area contributed by atoms with Gasteiger partial charge >= 0.3 is 5.97 Å². The van der Waals surface area contributed by atoms with Crippen LogP contribution in [0.15, 0.2) is 0 Å². The van der Waals surface area contributed by atoms with Crippen molar-refractivity contribution in [3.63, 3.8) is 0 Å². The Hall–Kier alpha value is -0.570. The molecule has 3 nitrogen and oxygen atoms in total. The van der Waals surface area contributed by atoms with E-state index in [9.17, 15) is 4.79 Å². The minimum Gasteiger partial charge on any atom is -0.436 e. The van der Waals surface area contributed by atoms with Crippen molar-refractivity contribution in [3.8, 4) is 0 Å². The Labute approximate surface area is 85.8 Å². The number of rotatable bonds is 1. The summed E-state index contributed by atoms with van der Waals surface area (Å²) in [6, 6.07) is 0. The molecule has 0 unspecified atom stereocenters. The Bertz CT molecular complexity index is 217. The fourth-order valence-corrected chi connectivity index (χ4v) is 1.78. The molecular formula is C11H20O3. The second-order valence-electron chi connectivity index (χ2n) is 5.22. The third kappa shape index (κ3) is 2.98. The van der Waals surface area contributed by atoms with E-state index in [1.807, 2.05) is 6.92 Å². The van der Waals surface area contributed by atoms with Crippen molar-refractivity contribution >= 4 is 5.97 Å². The van der Waals surface area contributed by atoms with Crippen LogP contribution in [0.3, 0.4) is 0 Å². The van der Waals surface area contributed by atoms with E-state index >= 15 is 0 Å². The molecule has 0 aromatic carbocycles. The highest BCUT2D eigenvalue weighted by molar-refractivity contribution is 5.73. The van der Waals surface area contributed by atoms with E-state index in [1.165, 1.54) is 0 Å². The van der Waals surface area contributed by atoms with Crippen LogP contribution < -0.4 is 0 Å². The van der Waals surface area contributed by atoms with Gasteiger partial charge in [-0.1, -0.05) is 20.8 Å². The maximum atomic E-state index is 11.6. The zero-order valence-corrected chi connectivity index (χ0v) is 9.66. The fraction of sp³-hybridized carbons (Fsp3) is 0.909. The van der Waals surface area contributed by atoms with Gasteiger partial charge in [-0.25, -0.2) is 0 Å². The van der Waals surface area contributed by atoms with Crippen LogP contribution >= 0.6 is 0 Å². The SMILES string of the molecule is C[C@H]1OC(=O)[C@H](CC(C)(C)C)[C@@H](C)O1. The highest BCUT2D eigenvalue weighted by atomic mass is 16.7. The summed E-state index contributed by atoms with van der Waals surface area (Å²) < 4.78 is 10.5. The molecule has 1 fully saturated rings. The number of hydrogen-bond acceptors (Lipinski definition) is 3. The van der Waals surface area contributed by atoms with Crippen LogP contribution in [-0.4, -0.2) is 18.4 Å². The summed E-state index contributed by atoms with van der Waals surface area (Å²) in [5.41, 5.74) is 0.127. The van der Waals surface area contributed by atoms with Gasteiger partial charge in [0, 0.05) is 0 Å². The summed E-state index contributed by atoms with van der Waals surface area (Å²) >= 11 is 0. The van der Waals surface area contributed by atoms with Crippen LogP contribution in [0, 0.1) is 11.3 Å². The predicted octanol–water partition coefficient (Wildman–Crippen LogP) is 2.35. The lowest BCUT2D eigenvalue weighted by Gasteiger charge is -2.35. The monoisotopic (exact) mass is 200 g/mol. The van der Waals surface area contributed by atoms with Crippen molar-refractivity contribution in [1.82, 2.24) is 0 Å². The molecule has 0 aromatic rings. The molecule has 0 radical (unpaired) electrons. The van der Waals surface area contributed by atoms with Crippen LogP contribution in [0.2, 0.25) is 0 Å². The van der Waals surface area contributed by atoms with Gasteiger partial charge in [0.1, 0.15) is 0 Å². The zero-order valence-electron chi connectivity index (χ0n) is 9.66. The lowest BCUT2D eigenvalue weighted by molar-refractivity contribution is -0.224. The second kappa shape index (κ2) is 3.89. The van der Waals surface area contributed by atoms with Gasteiger partial charge in [-0.05, 0) is 25.7 Å².